The van der Waals surface area contributed by atoms with Crippen molar-refractivity contribution < 1.29 is 9.13 Å². The standard InChI is InChI=1S/C11H10BrFN2OS/c1-6-5-17-11(15-6)4-16-10-3-8(13)7(12)2-9(10)14/h2-3,5H,4,14H2,1H3. The number of hydrogen-bond donors (Lipinski definition) is 1. The molecule has 0 atom stereocenters. The number of halogens is 2. The Morgan fingerprint density at radius 2 is 2.29 bits per heavy atom. The smallest absolute Gasteiger partial charge is 0.145 e. The highest BCUT2D eigenvalue weighted by atomic mass is 79.9. The van der Waals surface area contributed by atoms with E-state index in [0.29, 0.717) is 22.5 Å². The van der Waals surface area contributed by atoms with E-state index in [2.05, 4.69) is 20.9 Å². The Hall–Kier alpha value is -1.14. The van der Waals surface area contributed by atoms with Gasteiger partial charge in [0.2, 0.25) is 0 Å². The summed E-state index contributed by atoms with van der Waals surface area (Å²) < 4.78 is 19.1. The van der Waals surface area contributed by atoms with Crippen LogP contribution in [-0.4, -0.2) is 4.98 Å². The minimum Gasteiger partial charge on any atom is -0.484 e. The van der Waals surface area contributed by atoms with Crippen molar-refractivity contribution in [3.63, 3.8) is 0 Å². The number of thiazole rings is 1. The third-order valence-corrected chi connectivity index (χ3v) is 3.62. The van der Waals surface area contributed by atoms with Gasteiger partial charge in [0.1, 0.15) is 23.2 Å². The van der Waals surface area contributed by atoms with Crippen molar-refractivity contribution in [2.24, 2.45) is 0 Å². The first-order chi connectivity index (χ1) is 8.06. The normalized spacial score (nSPS) is 10.5. The fourth-order valence-electron chi connectivity index (χ4n) is 1.28. The first-order valence-corrected chi connectivity index (χ1v) is 6.52. The lowest BCUT2D eigenvalue weighted by Gasteiger charge is -2.08. The van der Waals surface area contributed by atoms with Gasteiger partial charge >= 0.3 is 0 Å². The van der Waals surface area contributed by atoms with E-state index < -0.39 is 5.82 Å². The molecular weight excluding hydrogens is 307 g/mol. The summed E-state index contributed by atoms with van der Waals surface area (Å²) in [7, 11) is 0. The molecule has 0 aliphatic rings. The van der Waals surface area contributed by atoms with Gasteiger partial charge in [0.15, 0.2) is 0 Å². The maximum Gasteiger partial charge on any atom is 0.145 e. The van der Waals surface area contributed by atoms with Gasteiger partial charge in [-0.1, -0.05) is 0 Å². The van der Waals surface area contributed by atoms with Crippen LogP contribution in [0.1, 0.15) is 10.7 Å². The largest absolute Gasteiger partial charge is 0.484 e. The molecule has 0 saturated heterocycles. The molecule has 2 aromatic rings. The third kappa shape index (κ3) is 2.95. The van der Waals surface area contributed by atoms with Gasteiger partial charge in [-0.15, -0.1) is 11.3 Å². The van der Waals surface area contributed by atoms with Gasteiger partial charge in [-0.3, -0.25) is 0 Å². The van der Waals surface area contributed by atoms with Gasteiger partial charge in [0.05, 0.1) is 10.2 Å². The zero-order valence-corrected chi connectivity index (χ0v) is 11.4. The molecule has 0 amide bonds. The van der Waals surface area contributed by atoms with E-state index in [1.165, 1.54) is 23.5 Å². The summed E-state index contributed by atoms with van der Waals surface area (Å²) in [6.45, 7) is 2.21. The molecule has 2 N–H and O–H groups in total. The SMILES string of the molecule is Cc1csc(COc2cc(F)c(Br)cc2N)n1. The number of anilines is 1. The van der Waals surface area contributed by atoms with Crippen molar-refractivity contribution in [1.82, 2.24) is 4.98 Å². The number of aryl methyl sites for hydroxylation is 1. The van der Waals surface area contributed by atoms with Crippen molar-refractivity contribution >= 4 is 33.0 Å². The summed E-state index contributed by atoms with van der Waals surface area (Å²) in [5.41, 5.74) is 7.06. The van der Waals surface area contributed by atoms with Gasteiger partial charge in [-0.25, -0.2) is 9.37 Å². The molecule has 0 saturated carbocycles. The molecule has 90 valence electrons. The molecule has 2 rings (SSSR count). The van der Waals surface area contributed by atoms with Crippen molar-refractivity contribution in [2.45, 2.75) is 13.5 Å². The van der Waals surface area contributed by atoms with E-state index in [1.54, 1.807) is 0 Å². The topological polar surface area (TPSA) is 48.1 Å². The summed E-state index contributed by atoms with van der Waals surface area (Å²) in [5.74, 6) is -0.0666. The summed E-state index contributed by atoms with van der Waals surface area (Å²) >= 11 is 4.56. The minimum absolute atomic E-state index is 0.295. The van der Waals surface area contributed by atoms with E-state index in [1.807, 2.05) is 12.3 Å². The molecule has 1 heterocycles. The van der Waals surface area contributed by atoms with E-state index in [9.17, 15) is 4.39 Å². The van der Waals surface area contributed by atoms with Crippen LogP contribution in [0.25, 0.3) is 0 Å². The fourth-order valence-corrected chi connectivity index (χ4v) is 2.32. The Morgan fingerprint density at radius 1 is 1.53 bits per heavy atom. The highest BCUT2D eigenvalue weighted by molar-refractivity contribution is 9.10. The van der Waals surface area contributed by atoms with Crippen molar-refractivity contribution in [2.75, 3.05) is 5.73 Å². The average molecular weight is 317 g/mol. The third-order valence-electron chi connectivity index (χ3n) is 2.07. The second-order valence-corrected chi connectivity index (χ2v) is 5.27. The zero-order valence-electron chi connectivity index (χ0n) is 9.04. The number of nitrogen functional groups attached to an aromatic ring is 1. The number of hydrogen-bond acceptors (Lipinski definition) is 4. The Balaban J connectivity index is 2.11. The molecular formula is C11H10BrFN2OS. The van der Waals surface area contributed by atoms with Crippen LogP contribution < -0.4 is 10.5 Å². The fraction of sp³-hybridized carbons (Fsp3) is 0.182. The second-order valence-electron chi connectivity index (χ2n) is 3.48. The highest BCUT2D eigenvalue weighted by Crippen LogP contribution is 2.29. The molecule has 0 aliphatic carbocycles. The van der Waals surface area contributed by atoms with Crippen LogP contribution in [-0.2, 0) is 6.61 Å². The molecule has 6 heteroatoms. The van der Waals surface area contributed by atoms with E-state index >= 15 is 0 Å². The van der Waals surface area contributed by atoms with Crippen molar-refractivity contribution in [3.8, 4) is 5.75 Å². The Bertz CT molecular complexity index is 544. The van der Waals surface area contributed by atoms with Gasteiger partial charge in [0, 0.05) is 17.1 Å². The second kappa shape index (κ2) is 5.01. The van der Waals surface area contributed by atoms with Crippen LogP contribution >= 0.6 is 27.3 Å². The Labute approximate surface area is 111 Å². The van der Waals surface area contributed by atoms with Crippen molar-refractivity contribution in [1.29, 1.82) is 0 Å². The number of nitrogens with two attached hydrogens (primary N) is 1. The van der Waals surface area contributed by atoms with E-state index in [-0.39, 0.29) is 0 Å². The van der Waals surface area contributed by atoms with Crippen LogP contribution in [0.2, 0.25) is 0 Å². The highest BCUT2D eigenvalue weighted by Gasteiger charge is 2.08. The van der Waals surface area contributed by atoms with Gasteiger partial charge in [0.25, 0.3) is 0 Å². The van der Waals surface area contributed by atoms with Crippen LogP contribution in [0, 0.1) is 12.7 Å². The molecule has 0 bridgehead atoms. The van der Waals surface area contributed by atoms with Gasteiger partial charge in [-0.2, -0.15) is 0 Å². The average Bonchev–Trinajstić information content (AvgIpc) is 2.68. The van der Waals surface area contributed by atoms with Crippen LogP contribution in [0.15, 0.2) is 22.0 Å². The summed E-state index contributed by atoms with van der Waals surface area (Å²) in [5, 5.41) is 2.77. The maximum absolute atomic E-state index is 13.3. The number of ether oxygens (including phenoxy) is 1. The molecule has 17 heavy (non-hydrogen) atoms. The van der Waals surface area contributed by atoms with Gasteiger partial charge < -0.3 is 10.5 Å². The first-order valence-electron chi connectivity index (χ1n) is 4.84. The van der Waals surface area contributed by atoms with E-state index in [4.69, 9.17) is 10.5 Å². The molecule has 0 radical (unpaired) electrons. The molecule has 1 aromatic heterocycles. The maximum atomic E-state index is 13.3. The minimum atomic E-state index is -0.399. The first kappa shape index (κ1) is 12.3. The molecule has 0 unspecified atom stereocenters. The summed E-state index contributed by atoms with van der Waals surface area (Å²) in [6, 6.07) is 2.75. The van der Waals surface area contributed by atoms with Crippen LogP contribution in [0.3, 0.4) is 0 Å². The molecule has 1 aromatic carbocycles. The predicted octanol–water partition coefficient (Wildman–Crippen LogP) is 3.51. The quantitative estimate of drug-likeness (QED) is 0.881. The Morgan fingerprint density at radius 3 is 2.94 bits per heavy atom. The summed E-state index contributed by atoms with van der Waals surface area (Å²) in [6.07, 6.45) is 0. The van der Waals surface area contributed by atoms with Gasteiger partial charge in [-0.05, 0) is 28.9 Å². The van der Waals surface area contributed by atoms with Crippen molar-refractivity contribution in [3.05, 3.63) is 38.5 Å². The number of aromatic nitrogens is 1. The lowest BCUT2D eigenvalue weighted by molar-refractivity contribution is 0.305. The molecule has 0 aliphatic heterocycles. The van der Waals surface area contributed by atoms with Crippen LogP contribution in [0.5, 0.6) is 5.75 Å². The number of nitrogens with zero attached hydrogens (tertiary/aromatic N) is 1. The van der Waals surface area contributed by atoms with E-state index in [0.717, 1.165) is 10.7 Å². The lowest BCUT2D eigenvalue weighted by atomic mass is 10.3. The molecule has 0 fully saturated rings. The van der Waals surface area contributed by atoms with Crippen LogP contribution in [0.4, 0.5) is 10.1 Å². The monoisotopic (exact) mass is 316 g/mol. The lowest BCUT2D eigenvalue weighted by Crippen LogP contribution is -1.99. The Kier molecular flexibility index (Phi) is 3.63. The number of benzene rings is 1. The number of rotatable bonds is 3. The predicted molar refractivity (Wildman–Crippen MR) is 69.7 cm³/mol. The zero-order chi connectivity index (χ0) is 12.4. The molecule has 0 spiro atoms. The molecule has 3 nitrogen and oxygen atoms in total. The summed E-state index contributed by atoms with van der Waals surface area (Å²) in [4.78, 5) is 4.25.